The molecule has 0 aliphatic rings. The predicted molar refractivity (Wildman–Crippen MR) is 78.2 cm³/mol. The molecule has 0 amide bonds. The normalized spacial score (nSPS) is 11.6. The van der Waals surface area contributed by atoms with E-state index >= 15 is 0 Å². The van der Waals surface area contributed by atoms with Crippen molar-refractivity contribution in [2.45, 2.75) is 10.6 Å². The number of halogens is 3. The fourth-order valence-corrected chi connectivity index (χ4v) is 3.49. The van der Waals surface area contributed by atoms with Crippen LogP contribution in [0, 0.1) is 5.82 Å². The molecule has 0 bridgehead atoms. The van der Waals surface area contributed by atoms with Gasteiger partial charge in [0.1, 0.15) is 5.82 Å². The summed E-state index contributed by atoms with van der Waals surface area (Å²) in [6.45, 7) is 0. The van der Waals surface area contributed by atoms with E-state index in [1.165, 1.54) is 30.3 Å². The Morgan fingerprint density at radius 1 is 1.10 bits per heavy atom. The first-order valence-electron chi connectivity index (χ1n) is 5.51. The van der Waals surface area contributed by atoms with E-state index in [4.69, 9.17) is 28.9 Å². The van der Waals surface area contributed by atoms with Crippen LogP contribution < -0.4 is 5.73 Å². The predicted octanol–water partition coefficient (Wildman–Crippen LogP) is 3.69. The van der Waals surface area contributed by atoms with Crippen LogP contribution in [0.5, 0.6) is 0 Å². The first-order valence-corrected chi connectivity index (χ1v) is 7.92. The van der Waals surface area contributed by atoms with E-state index in [2.05, 4.69) is 0 Å². The van der Waals surface area contributed by atoms with Crippen molar-refractivity contribution < 1.29 is 12.8 Å². The summed E-state index contributed by atoms with van der Waals surface area (Å²) in [5.74, 6) is -1.03. The van der Waals surface area contributed by atoms with Gasteiger partial charge in [-0.05, 0) is 35.9 Å². The Morgan fingerprint density at radius 2 is 1.80 bits per heavy atom. The smallest absolute Gasteiger partial charge is 0.184 e. The second-order valence-electron chi connectivity index (χ2n) is 4.19. The Bertz CT molecular complexity index is 763. The third-order valence-corrected chi connectivity index (χ3v) is 4.94. The second-order valence-corrected chi connectivity index (χ2v) is 6.99. The monoisotopic (exact) mass is 333 g/mol. The average Bonchev–Trinajstić information content (AvgIpc) is 2.33. The van der Waals surface area contributed by atoms with Crippen LogP contribution in [0.15, 0.2) is 41.3 Å². The molecular weight excluding hydrogens is 324 g/mol. The lowest BCUT2D eigenvalue weighted by Crippen LogP contribution is -2.08. The quantitative estimate of drug-likeness (QED) is 0.871. The van der Waals surface area contributed by atoms with Crippen LogP contribution in [-0.4, -0.2) is 8.42 Å². The molecule has 0 heterocycles. The molecule has 2 rings (SSSR count). The summed E-state index contributed by atoms with van der Waals surface area (Å²) in [4.78, 5) is -0.0303. The minimum atomic E-state index is -3.68. The maximum absolute atomic E-state index is 13.3. The van der Waals surface area contributed by atoms with Crippen LogP contribution in [0.3, 0.4) is 0 Å². The van der Waals surface area contributed by atoms with Crippen LogP contribution in [0.2, 0.25) is 10.0 Å². The molecule has 0 saturated heterocycles. The third kappa shape index (κ3) is 3.23. The van der Waals surface area contributed by atoms with Gasteiger partial charge in [-0.3, -0.25) is 0 Å². The van der Waals surface area contributed by atoms with Crippen molar-refractivity contribution in [3.63, 3.8) is 0 Å². The molecule has 0 fully saturated rings. The van der Waals surface area contributed by atoms with E-state index in [9.17, 15) is 12.8 Å². The molecule has 0 aliphatic heterocycles. The van der Waals surface area contributed by atoms with Gasteiger partial charge >= 0.3 is 0 Å². The average molecular weight is 334 g/mol. The number of sulfone groups is 1. The van der Waals surface area contributed by atoms with Crippen molar-refractivity contribution in [3.05, 3.63) is 57.8 Å². The van der Waals surface area contributed by atoms with Gasteiger partial charge < -0.3 is 5.73 Å². The van der Waals surface area contributed by atoms with Crippen LogP contribution in [0.4, 0.5) is 10.1 Å². The van der Waals surface area contributed by atoms with E-state index < -0.39 is 15.7 Å². The molecule has 2 aromatic carbocycles. The number of hydrogen-bond donors (Lipinski definition) is 1. The molecule has 3 nitrogen and oxygen atoms in total. The number of nitrogens with two attached hydrogens (primary N) is 1. The van der Waals surface area contributed by atoms with Crippen molar-refractivity contribution in [1.82, 2.24) is 0 Å². The van der Waals surface area contributed by atoms with Gasteiger partial charge in [-0.15, -0.1) is 0 Å². The second kappa shape index (κ2) is 5.60. The standard InChI is InChI=1S/C13H10Cl2FNO2S/c14-9-2-4-13(12(17)6-9)20(18,19)7-8-1-3-10(15)11(16)5-8/h1-6H,7,17H2. The van der Waals surface area contributed by atoms with Crippen molar-refractivity contribution in [1.29, 1.82) is 0 Å². The molecule has 0 aliphatic carbocycles. The molecular formula is C13H10Cl2FNO2S. The molecule has 0 spiro atoms. The van der Waals surface area contributed by atoms with Gasteiger partial charge in [-0.2, -0.15) is 0 Å². The fraction of sp³-hybridized carbons (Fsp3) is 0.0769. The van der Waals surface area contributed by atoms with Gasteiger partial charge in [0.2, 0.25) is 0 Å². The Kier molecular flexibility index (Phi) is 4.22. The van der Waals surface area contributed by atoms with E-state index in [0.29, 0.717) is 10.6 Å². The minimum Gasteiger partial charge on any atom is -0.398 e. The number of hydrogen-bond acceptors (Lipinski definition) is 3. The Labute approximate surface area is 126 Å². The van der Waals surface area contributed by atoms with Crippen LogP contribution >= 0.6 is 23.2 Å². The number of benzene rings is 2. The summed E-state index contributed by atoms with van der Waals surface area (Å²) in [5, 5.41) is 0.288. The van der Waals surface area contributed by atoms with Gasteiger partial charge in [0.05, 0.1) is 21.4 Å². The van der Waals surface area contributed by atoms with Crippen molar-refractivity contribution in [3.8, 4) is 0 Å². The highest BCUT2D eigenvalue weighted by molar-refractivity contribution is 7.90. The molecule has 2 aromatic rings. The Balaban J connectivity index is 2.38. The maximum Gasteiger partial charge on any atom is 0.184 e. The number of nitrogen functional groups attached to an aromatic ring is 1. The highest BCUT2D eigenvalue weighted by Gasteiger charge is 2.19. The summed E-state index contributed by atoms with van der Waals surface area (Å²) < 4.78 is 37.8. The SMILES string of the molecule is Nc1cc(Cl)ccc1S(=O)(=O)Cc1ccc(Cl)c(F)c1. The van der Waals surface area contributed by atoms with E-state index in [0.717, 1.165) is 6.07 Å². The molecule has 106 valence electrons. The topological polar surface area (TPSA) is 60.2 Å². The summed E-state index contributed by atoms with van der Waals surface area (Å²) in [7, 11) is -3.68. The summed E-state index contributed by atoms with van der Waals surface area (Å²) in [5.41, 5.74) is 6.01. The van der Waals surface area contributed by atoms with E-state index in [1.54, 1.807) is 0 Å². The molecule has 0 radical (unpaired) electrons. The highest BCUT2D eigenvalue weighted by Crippen LogP contribution is 2.26. The lowest BCUT2D eigenvalue weighted by atomic mass is 10.2. The summed E-state index contributed by atoms with van der Waals surface area (Å²) in [6, 6.07) is 7.98. The zero-order valence-corrected chi connectivity index (χ0v) is 12.4. The molecule has 2 N–H and O–H groups in total. The molecule has 0 unspecified atom stereocenters. The Morgan fingerprint density at radius 3 is 2.40 bits per heavy atom. The van der Waals surface area contributed by atoms with Gasteiger partial charge in [0.25, 0.3) is 0 Å². The van der Waals surface area contributed by atoms with Crippen molar-refractivity contribution in [2.24, 2.45) is 0 Å². The largest absolute Gasteiger partial charge is 0.398 e. The lowest BCUT2D eigenvalue weighted by molar-refractivity contribution is 0.595. The lowest BCUT2D eigenvalue weighted by Gasteiger charge is -2.08. The zero-order chi connectivity index (χ0) is 14.9. The zero-order valence-electron chi connectivity index (χ0n) is 10.1. The number of anilines is 1. The van der Waals surface area contributed by atoms with E-state index in [1.807, 2.05) is 0 Å². The third-order valence-electron chi connectivity index (χ3n) is 2.65. The molecule has 7 heteroatoms. The first-order chi connectivity index (χ1) is 9.29. The summed E-state index contributed by atoms with van der Waals surface area (Å²) >= 11 is 11.3. The van der Waals surface area contributed by atoms with Crippen LogP contribution in [-0.2, 0) is 15.6 Å². The molecule has 0 atom stereocenters. The minimum absolute atomic E-state index is 0.0303. The van der Waals surface area contributed by atoms with Crippen LogP contribution in [0.1, 0.15) is 5.56 Å². The number of rotatable bonds is 3. The maximum atomic E-state index is 13.3. The molecule has 0 saturated carbocycles. The van der Waals surface area contributed by atoms with Crippen LogP contribution in [0.25, 0.3) is 0 Å². The van der Waals surface area contributed by atoms with Gasteiger partial charge in [0, 0.05) is 5.02 Å². The van der Waals surface area contributed by atoms with Gasteiger partial charge in [0.15, 0.2) is 9.84 Å². The van der Waals surface area contributed by atoms with Crippen molar-refractivity contribution in [2.75, 3.05) is 5.73 Å². The highest BCUT2D eigenvalue weighted by atomic mass is 35.5. The Hall–Kier alpha value is -1.30. The van der Waals surface area contributed by atoms with Gasteiger partial charge in [-0.1, -0.05) is 29.3 Å². The summed E-state index contributed by atoms with van der Waals surface area (Å²) in [6.07, 6.45) is 0. The van der Waals surface area contributed by atoms with Crippen molar-refractivity contribution >= 4 is 38.7 Å². The van der Waals surface area contributed by atoms with E-state index in [-0.39, 0.29) is 21.4 Å². The fourth-order valence-electron chi connectivity index (χ4n) is 1.73. The molecule has 0 aromatic heterocycles. The molecule has 20 heavy (non-hydrogen) atoms. The van der Waals surface area contributed by atoms with Gasteiger partial charge in [-0.25, -0.2) is 12.8 Å². The first kappa shape index (κ1) is 15.1.